The fraction of sp³-hybridized carbons (Fsp3) is 0.600. The van der Waals surface area contributed by atoms with Gasteiger partial charge in [-0.2, -0.15) is 0 Å². The lowest BCUT2D eigenvalue weighted by atomic mass is 10.1. The minimum Gasteiger partial charge on any atom is -0.367 e. The van der Waals surface area contributed by atoms with Gasteiger partial charge >= 0.3 is 0 Å². The highest BCUT2D eigenvalue weighted by Crippen LogP contribution is 2.24. The summed E-state index contributed by atoms with van der Waals surface area (Å²) in [5.74, 6) is -0.132. The Balaban J connectivity index is 2.98. The number of hydrogen-bond acceptors (Lipinski definition) is 2. The third kappa shape index (κ3) is 3.45. The lowest BCUT2D eigenvalue weighted by Crippen LogP contribution is -2.31. The molecule has 1 aromatic carbocycles. The molecule has 1 unspecified atom stereocenters. The maximum absolute atomic E-state index is 14.2. The molecule has 0 saturated carbocycles. The van der Waals surface area contributed by atoms with Crippen LogP contribution in [0.5, 0.6) is 0 Å². The molecule has 1 atom stereocenters. The molecule has 0 aliphatic heterocycles. The predicted molar refractivity (Wildman–Crippen MR) is 76.6 cm³/mol. The minimum absolute atomic E-state index is 0.132. The summed E-state index contributed by atoms with van der Waals surface area (Å²) in [6, 6.07) is 6.04. The SMILES string of the molecule is CCNC(C)c1ccc(N(CC)C(C)C)c(F)c1. The maximum Gasteiger partial charge on any atom is 0.146 e. The average Bonchev–Trinajstić information content (AvgIpc) is 2.31. The molecule has 0 bridgehead atoms. The third-order valence-corrected chi connectivity index (χ3v) is 3.26. The molecule has 102 valence electrons. The molecule has 0 aliphatic rings. The monoisotopic (exact) mass is 252 g/mol. The van der Waals surface area contributed by atoms with E-state index in [9.17, 15) is 4.39 Å². The van der Waals surface area contributed by atoms with Gasteiger partial charge in [0.05, 0.1) is 5.69 Å². The molecule has 1 rings (SSSR count). The van der Waals surface area contributed by atoms with Crippen LogP contribution >= 0.6 is 0 Å². The van der Waals surface area contributed by atoms with Crippen LogP contribution in [0.4, 0.5) is 10.1 Å². The molecule has 18 heavy (non-hydrogen) atoms. The van der Waals surface area contributed by atoms with Crippen LogP contribution in [0.25, 0.3) is 0 Å². The number of rotatable bonds is 6. The molecular formula is C15H25FN2. The van der Waals surface area contributed by atoms with Gasteiger partial charge < -0.3 is 10.2 Å². The van der Waals surface area contributed by atoms with Crippen LogP contribution in [-0.4, -0.2) is 19.1 Å². The first-order valence-electron chi connectivity index (χ1n) is 6.80. The highest BCUT2D eigenvalue weighted by atomic mass is 19.1. The molecule has 0 saturated heterocycles. The Labute approximate surface area is 110 Å². The Morgan fingerprint density at radius 2 is 1.89 bits per heavy atom. The number of nitrogens with one attached hydrogen (secondary N) is 1. The van der Waals surface area contributed by atoms with Crippen molar-refractivity contribution in [3.05, 3.63) is 29.6 Å². The van der Waals surface area contributed by atoms with Crippen molar-refractivity contribution in [3.8, 4) is 0 Å². The van der Waals surface area contributed by atoms with Crippen molar-refractivity contribution in [2.45, 2.75) is 46.7 Å². The van der Waals surface area contributed by atoms with Gasteiger partial charge in [0.2, 0.25) is 0 Å². The topological polar surface area (TPSA) is 15.3 Å². The van der Waals surface area contributed by atoms with Crippen LogP contribution < -0.4 is 10.2 Å². The van der Waals surface area contributed by atoms with Crippen molar-refractivity contribution in [3.63, 3.8) is 0 Å². The summed E-state index contributed by atoms with van der Waals surface area (Å²) < 4.78 is 14.2. The van der Waals surface area contributed by atoms with E-state index in [1.165, 1.54) is 0 Å². The number of benzene rings is 1. The third-order valence-electron chi connectivity index (χ3n) is 3.26. The van der Waals surface area contributed by atoms with E-state index in [1.807, 2.05) is 12.1 Å². The van der Waals surface area contributed by atoms with Crippen molar-refractivity contribution in [2.75, 3.05) is 18.0 Å². The van der Waals surface area contributed by atoms with Gasteiger partial charge in [0.1, 0.15) is 5.82 Å². The second kappa shape index (κ2) is 6.74. The highest BCUT2D eigenvalue weighted by Gasteiger charge is 2.14. The Hall–Kier alpha value is -1.09. The van der Waals surface area contributed by atoms with Crippen LogP contribution in [0.2, 0.25) is 0 Å². The molecule has 2 nitrogen and oxygen atoms in total. The smallest absolute Gasteiger partial charge is 0.146 e. The van der Waals surface area contributed by atoms with Gasteiger partial charge in [-0.3, -0.25) is 0 Å². The minimum atomic E-state index is -0.132. The van der Waals surface area contributed by atoms with Gasteiger partial charge in [0, 0.05) is 18.6 Å². The number of anilines is 1. The van der Waals surface area contributed by atoms with E-state index >= 15 is 0 Å². The van der Waals surface area contributed by atoms with Gasteiger partial charge in [-0.05, 0) is 51.9 Å². The number of halogens is 1. The summed E-state index contributed by atoms with van der Waals surface area (Å²) in [6.45, 7) is 12.0. The molecule has 1 N–H and O–H groups in total. The van der Waals surface area contributed by atoms with E-state index < -0.39 is 0 Å². The summed E-state index contributed by atoms with van der Waals surface area (Å²) in [5.41, 5.74) is 1.69. The Bertz CT molecular complexity index is 377. The quantitative estimate of drug-likeness (QED) is 0.830. The van der Waals surface area contributed by atoms with Crippen molar-refractivity contribution in [1.82, 2.24) is 5.32 Å². The zero-order valence-electron chi connectivity index (χ0n) is 12.1. The maximum atomic E-state index is 14.2. The van der Waals surface area contributed by atoms with E-state index in [0.717, 1.165) is 18.7 Å². The molecule has 0 radical (unpaired) electrons. The van der Waals surface area contributed by atoms with Crippen molar-refractivity contribution in [1.29, 1.82) is 0 Å². The Kier molecular flexibility index (Phi) is 5.60. The van der Waals surface area contributed by atoms with Crippen molar-refractivity contribution in [2.24, 2.45) is 0 Å². The summed E-state index contributed by atoms with van der Waals surface area (Å²) in [6.07, 6.45) is 0. The second-order valence-electron chi connectivity index (χ2n) is 4.87. The van der Waals surface area contributed by atoms with Crippen molar-refractivity contribution >= 4 is 5.69 Å². The van der Waals surface area contributed by atoms with Crippen LogP contribution in [0.15, 0.2) is 18.2 Å². The molecule has 0 spiro atoms. The van der Waals surface area contributed by atoms with Crippen LogP contribution in [0, 0.1) is 5.82 Å². The zero-order valence-corrected chi connectivity index (χ0v) is 12.1. The van der Waals surface area contributed by atoms with Crippen LogP contribution in [0.1, 0.15) is 46.2 Å². The normalized spacial score (nSPS) is 12.8. The van der Waals surface area contributed by atoms with E-state index in [2.05, 4.69) is 44.8 Å². The molecule has 0 aromatic heterocycles. The lowest BCUT2D eigenvalue weighted by Gasteiger charge is -2.28. The van der Waals surface area contributed by atoms with Gasteiger partial charge in [0.25, 0.3) is 0 Å². The fourth-order valence-corrected chi connectivity index (χ4v) is 2.26. The number of nitrogens with zero attached hydrogens (tertiary/aromatic N) is 1. The van der Waals surface area contributed by atoms with Gasteiger partial charge in [0.15, 0.2) is 0 Å². The molecule has 3 heteroatoms. The summed E-state index contributed by atoms with van der Waals surface area (Å²) in [7, 11) is 0. The Morgan fingerprint density at radius 1 is 1.22 bits per heavy atom. The fourth-order valence-electron chi connectivity index (χ4n) is 2.26. The molecule has 0 fully saturated rings. The molecular weight excluding hydrogens is 227 g/mol. The molecule has 0 heterocycles. The summed E-state index contributed by atoms with van der Waals surface area (Å²) in [4.78, 5) is 2.07. The number of hydrogen-bond donors (Lipinski definition) is 1. The standard InChI is InChI=1S/C15H25FN2/c1-6-17-12(5)13-8-9-15(14(16)10-13)18(7-2)11(3)4/h8-12,17H,6-7H2,1-5H3. The predicted octanol–water partition coefficient (Wildman–Crippen LogP) is 3.73. The average molecular weight is 252 g/mol. The molecule has 1 aromatic rings. The largest absolute Gasteiger partial charge is 0.367 e. The highest BCUT2D eigenvalue weighted by molar-refractivity contribution is 5.50. The second-order valence-corrected chi connectivity index (χ2v) is 4.87. The lowest BCUT2D eigenvalue weighted by molar-refractivity contribution is 0.576. The van der Waals surface area contributed by atoms with Crippen LogP contribution in [-0.2, 0) is 0 Å². The first-order valence-corrected chi connectivity index (χ1v) is 6.80. The summed E-state index contributed by atoms with van der Waals surface area (Å²) in [5, 5.41) is 3.29. The van der Waals surface area contributed by atoms with E-state index in [1.54, 1.807) is 6.07 Å². The van der Waals surface area contributed by atoms with Crippen molar-refractivity contribution < 1.29 is 4.39 Å². The van der Waals surface area contributed by atoms with Gasteiger partial charge in [-0.15, -0.1) is 0 Å². The molecule has 0 amide bonds. The van der Waals surface area contributed by atoms with E-state index in [4.69, 9.17) is 0 Å². The van der Waals surface area contributed by atoms with Gasteiger partial charge in [-0.25, -0.2) is 4.39 Å². The molecule has 0 aliphatic carbocycles. The van der Waals surface area contributed by atoms with Gasteiger partial charge in [-0.1, -0.05) is 13.0 Å². The first-order chi connectivity index (χ1) is 8.51. The van der Waals surface area contributed by atoms with E-state index in [0.29, 0.717) is 11.7 Å². The van der Waals surface area contributed by atoms with Crippen LogP contribution in [0.3, 0.4) is 0 Å². The van der Waals surface area contributed by atoms with E-state index in [-0.39, 0.29) is 11.9 Å². The Morgan fingerprint density at radius 3 is 2.33 bits per heavy atom. The zero-order chi connectivity index (χ0) is 13.7. The first kappa shape index (κ1) is 15.0. The summed E-state index contributed by atoms with van der Waals surface area (Å²) >= 11 is 0.